The lowest BCUT2D eigenvalue weighted by Gasteiger charge is -2.23. The van der Waals surface area contributed by atoms with E-state index in [9.17, 15) is 4.79 Å². The third kappa shape index (κ3) is 6.25. The number of nitrogens with zero attached hydrogens (tertiary/aromatic N) is 1. The maximum Gasteiger partial charge on any atom is 0.222 e. The molecule has 0 spiro atoms. The molecule has 0 heterocycles. The molecule has 1 unspecified atom stereocenters. The molecule has 122 valence electrons. The monoisotopic (exact) mass is 310 g/mol. The normalized spacial score (nSPS) is 11.9. The Morgan fingerprint density at radius 3 is 2.13 bits per heavy atom. The zero-order valence-corrected chi connectivity index (χ0v) is 13.8. The van der Waals surface area contributed by atoms with E-state index in [1.54, 1.807) is 0 Å². The third-order valence-electron chi connectivity index (χ3n) is 3.90. The van der Waals surface area contributed by atoms with Crippen LogP contribution in [0, 0.1) is 0 Å². The molecule has 0 aliphatic rings. The Hall–Kier alpha value is -2.13. The predicted octanol–water partition coefficient (Wildman–Crippen LogP) is 3.39. The van der Waals surface area contributed by atoms with Crippen LogP contribution in [-0.2, 0) is 17.8 Å². The predicted molar refractivity (Wildman–Crippen MR) is 94.9 cm³/mol. The zero-order valence-electron chi connectivity index (χ0n) is 13.8. The molecular weight excluding hydrogens is 284 g/mol. The first kappa shape index (κ1) is 17.2. The van der Waals surface area contributed by atoms with Crippen LogP contribution in [0.3, 0.4) is 0 Å². The van der Waals surface area contributed by atoms with Gasteiger partial charge in [0.25, 0.3) is 0 Å². The van der Waals surface area contributed by atoms with Gasteiger partial charge in [0.1, 0.15) is 0 Å². The Labute approximate surface area is 139 Å². The van der Waals surface area contributed by atoms with Gasteiger partial charge in [0, 0.05) is 25.6 Å². The second-order valence-electron chi connectivity index (χ2n) is 6.05. The van der Waals surface area contributed by atoms with Crippen molar-refractivity contribution in [3.63, 3.8) is 0 Å². The van der Waals surface area contributed by atoms with Gasteiger partial charge in [0.15, 0.2) is 0 Å². The first-order chi connectivity index (χ1) is 11.1. The second-order valence-corrected chi connectivity index (χ2v) is 6.05. The van der Waals surface area contributed by atoms with E-state index in [0.717, 1.165) is 24.9 Å². The number of hydrogen-bond donors (Lipinski definition) is 1. The highest BCUT2D eigenvalue weighted by Gasteiger charge is 2.14. The van der Waals surface area contributed by atoms with Gasteiger partial charge < -0.3 is 10.6 Å². The molecule has 2 aromatic carbocycles. The van der Waals surface area contributed by atoms with Crippen LogP contribution in [0.25, 0.3) is 0 Å². The quantitative estimate of drug-likeness (QED) is 0.812. The summed E-state index contributed by atoms with van der Waals surface area (Å²) in [5.41, 5.74) is 8.20. The highest BCUT2D eigenvalue weighted by molar-refractivity contribution is 5.76. The van der Waals surface area contributed by atoms with E-state index in [2.05, 4.69) is 24.3 Å². The van der Waals surface area contributed by atoms with Crippen LogP contribution in [0.2, 0.25) is 0 Å². The van der Waals surface area contributed by atoms with Gasteiger partial charge in [-0.05, 0) is 30.9 Å². The molecule has 0 radical (unpaired) electrons. The van der Waals surface area contributed by atoms with Crippen LogP contribution in [0.4, 0.5) is 0 Å². The second kappa shape index (κ2) is 9.11. The molecule has 2 rings (SSSR count). The van der Waals surface area contributed by atoms with Crippen molar-refractivity contribution in [2.45, 2.75) is 38.8 Å². The zero-order chi connectivity index (χ0) is 16.5. The molecule has 0 saturated carbocycles. The summed E-state index contributed by atoms with van der Waals surface area (Å²) in [4.78, 5) is 14.5. The third-order valence-corrected chi connectivity index (χ3v) is 3.90. The number of hydrogen-bond acceptors (Lipinski definition) is 2. The van der Waals surface area contributed by atoms with Crippen molar-refractivity contribution in [3.8, 4) is 0 Å². The molecule has 3 heteroatoms. The Balaban J connectivity index is 1.99. The summed E-state index contributed by atoms with van der Waals surface area (Å²) in [7, 11) is 0. The van der Waals surface area contributed by atoms with Crippen LogP contribution in [0.1, 0.15) is 30.9 Å². The highest BCUT2D eigenvalue weighted by atomic mass is 16.2. The fraction of sp³-hybridized carbons (Fsp3) is 0.350. The molecule has 3 nitrogen and oxygen atoms in total. The minimum absolute atomic E-state index is 0.0617. The number of benzene rings is 2. The molecule has 2 N–H and O–H groups in total. The number of nitrogens with two attached hydrogens (primary N) is 1. The highest BCUT2D eigenvalue weighted by Crippen LogP contribution is 2.10. The molecule has 23 heavy (non-hydrogen) atoms. The van der Waals surface area contributed by atoms with Crippen molar-refractivity contribution in [2.75, 3.05) is 6.54 Å². The molecule has 1 amide bonds. The SMILES string of the molecule is CC(N)CCC(=O)N(CCc1ccccc1)Cc1ccccc1. The summed E-state index contributed by atoms with van der Waals surface area (Å²) in [6.07, 6.45) is 2.12. The van der Waals surface area contributed by atoms with Gasteiger partial charge in [-0.2, -0.15) is 0 Å². The van der Waals surface area contributed by atoms with Crippen LogP contribution in [0.15, 0.2) is 60.7 Å². The van der Waals surface area contributed by atoms with Crippen molar-refractivity contribution in [1.29, 1.82) is 0 Å². The molecule has 0 saturated heterocycles. The average Bonchev–Trinajstić information content (AvgIpc) is 2.58. The Morgan fingerprint density at radius 2 is 1.57 bits per heavy atom. The van der Waals surface area contributed by atoms with Crippen LogP contribution < -0.4 is 5.73 Å². The van der Waals surface area contributed by atoms with Crippen molar-refractivity contribution < 1.29 is 4.79 Å². The molecule has 1 atom stereocenters. The van der Waals surface area contributed by atoms with Gasteiger partial charge in [0.05, 0.1) is 0 Å². The lowest BCUT2D eigenvalue weighted by molar-refractivity contribution is -0.132. The summed E-state index contributed by atoms with van der Waals surface area (Å²) in [5, 5.41) is 0. The first-order valence-electron chi connectivity index (χ1n) is 8.26. The number of rotatable bonds is 8. The van der Waals surface area contributed by atoms with Gasteiger partial charge in [-0.3, -0.25) is 4.79 Å². The van der Waals surface area contributed by atoms with E-state index in [1.807, 2.05) is 48.2 Å². The molecule has 0 aliphatic carbocycles. The van der Waals surface area contributed by atoms with E-state index >= 15 is 0 Å². The van der Waals surface area contributed by atoms with E-state index in [0.29, 0.717) is 13.0 Å². The Kier molecular flexibility index (Phi) is 6.82. The molecule has 0 bridgehead atoms. The smallest absolute Gasteiger partial charge is 0.222 e. The van der Waals surface area contributed by atoms with Crippen molar-refractivity contribution in [2.24, 2.45) is 5.73 Å². The Bertz CT molecular complexity index is 581. The molecule has 0 fully saturated rings. The standard InChI is InChI=1S/C20H26N2O/c1-17(21)12-13-20(23)22(16-19-10-6-3-7-11-19)15-14-18-8-4-2-5-9-18/h2-11,17H,12-16,21H2,1H3. The summed E-state index contributed by atoms with van der Waals surface area (Å²) in [6, 6.07) is 20.5. The van der Waals surface area contributed by atoms with E-state index in [1.165, 1.54) is 5.56 Å². The minimum atomic E-state index is 0.0617. The van der Waals surface area contributed by atoms with E-state index in [-0.39, 0.29) is 11.9 Å². The molecule has 0 aliphatic heterocycles. The van der Waals surface area contributed by atoms with Gasteiger partial charge in [0.2, 0.25) is 5.91 Å². The first-order valence-corrected chi connectivity index (χ1v) is 8.26. The van der Waals surface area contributed by atoms with Gasteiger partial charge >= 0.3 is 0 Å². The summed E-state index contributed by atoms with van der Waals surface area (Å²) in [5.74, 6) is 0.182. The van der Waals surface area contributed by atoms with Crippen LogP contribution in [-0.4, -0.2) is 23.4 Å². The Morgan fingerprint density at radius 1 is 1.00 bits per heavy atom. The summed E-state index contributed by atoms with van der Waals surface area (Å²) in [6.45, 7) is 3.33. The minimum Gasteiger partial charge on any atom is -0.338 e. The van der Waals surface area contributed by atoms with E-state index < -0.39 is 0 Å². The maximum atomic E-state index is 12.5. The maximum absolute atomic E-state index is 12.5. The van der Waals surface area contributed by atoms with Gasteiger partial charge in [-0.1, -0.05) is 60.7 Å². The lowest BCUT2D eigenvalue weighted by atomic mass is 10.1. The van der Waals surface area contributed by atoms with Gasteiger partial charge in [-0.25, -0.2) is 0 Å². The molecule has 0 aromatic heterocycles. The topological polar surface area (TPSA) is 46.3 Å². The van der Waals surface area contributed by atoms with Crippen molar-refractivity contribution in [1.82, 2.24) is 4.90 Å². The van der Waals surface area contributed by atoms with Crippen molar-refractivity contribution in [3.05, 3.63) is 71.8 Å². The summed E-state index contributed by atoms with van der Waals surface area (Å²) < 4.78 is 0. The van der Waals surface area contributed by atoms with Crippen LogP contribution >= 0.6 is 0 Å². The number of amides is 1. The van der Waals surface area contributed by atoms with E-state index in [4.69, 9.17) is 5.73 Å². The number of carbonyl (C=O) groups is 1. The number of carbonyl (C=O) groups excluding carboxylic acids is 1. The molecular formula is C20H26N2O. The largest absolute Gasteiger partial charge is 0.338 e. The fourth-order valence-corrected chi connectivity index (χ4v) is 2.51. The molecule has 2 aromatic rings. The fourth-order valence-electron chi connectivity index (χ4n) is 2.51. The lowest BCUT2D eigenvalue weighted by Crippen LogP contribution is -2.33. The van der Waals surface area contributed by atoms with Gasteiger partial charge in [-0.15, -0.1) is 0 Å². The summed E-state index contributed by atoms with van der Waals surface area (Å²) >= 11 is 0. The van der Waals surface area contributed by atoms with Crippen LogP contribution in [0.5, 0.6) is 0 Å². The van der Waals surface area contributed by atoms with Crippen molar-refractivity contribution >= 4 is 5.91 Å². The average molecular weight is 310 g/mol.